The van der Waals surface area contributed by atoms with Crippen LogP contribution in [0.2, 0.25) is 0 Å². The molecule has 0 bridgehead atoms. The number of Topliss-reactive ketones (excluding diaryl/α,β-unsaturated/α-hetero) is 1. The highest BCUT2D eigenvalue weighted by Crippen LogP contribution is 2.66. The number of benzene rings is 1. The highest BCUT2D eigenvalue weighted by molar-refractivity contribution is 5.83. The Kier molecular flexibility index (Phi) is 6.19. The van der Waals surface area contributed by atoms with Gasteiger partial charge in [-0.15, -0.1) is 0 Å². The summed E-state index contributed by atoms with van der Waals surface area (Å²) in [6.07, 6.45) is 12.5. The lowest BCUT2D eigenvalue weighted by Gasteiger charge is -2.58. The van der Waals surface area contributed by atoms with Crippen molar-refractivity contribution in [1.82, 2.24) is 0 Å². The van der Waals surface area contributed by atoms with Crippen molar-refractivity contribution in [1.29, 1.82) is 0 Å². The maximum Gasteiger partial charge on any atom is 0.231 e. The van der Waals surface area contributed by atoms with E-state index in [4.69, 9.17) is 14.2 Å². The van der Waals surface area contributed by atoms with Gasteiger partial charge in [0, 0.05) is 12.3 Å². The number of ether oxygens (including phenoxy) is 3. The molecule has 1 N–H and O–H groups in total. The van der Waals surface area contributed by atoms with Crippen molar-refractivity contribution in [2.45, 2.75) is 90.2 Å². The minimum absolute atomic E-state index is 0.0486. The molecule has 0 unspecified atom stereocenters. The van der Waals surface area contributed by atoms with Crippen LogP contribution in [0, 0.1) is 34.5 Å². The molecule has 0 aromatic heterocycles. The maximum absolute atomic E-state index is 14.4. The van der Waals surface area contributed by atoms with Gasteiger partial charge in [-0.1, -0.05) is 25.5 Å². The molecule has 40 heavy (non-hydrogen) atoms. The smallest absolute Gasteiger partial charge is 0.231 e. The summed E-state index contributed by atoms with van der Waals surface area (Å²) in [5, 5.41) is 10.4. The summed E-state index contributed by atoms with van der Waals surface area (Å²) < 4.78 is 18.3. The maximum atomic E-state index is 14.4. The van der Waals surface area contributed by atoms with Crippen LogP contribution in [-0.2, 0) is 11.2 Å². The minimum atomic E-state index is -0.162. The molecular formula is C34H48NO5+. The van der Waals surface area contributed by atoms with Crippen LogP contribution in [-0.4, -0.2) is 56.0 Å². The second-order valence-corrected chi connectivity index (χ2v) is 15.0. The van der Waals surface area contributed by atoms with Crippen molar-refractivity contribution in [2.24, 2.45) is 34.5 Å². The van der Waals surface area contributed by atoms with E-state index in [0.29, 0.717) is 35.7 Å². The number of allylic oxidation sites excluding steroid dienone is 1. The Hall–Kier alpha value is -2.05. The number of carbonyl (C=O) groups is 1. The number of methoxy groups -OCH3 is 1. The number of likely N-dealkylation sites (N-methyl/N-ethyl adjacent to an activating group) is 1. The van der Waals surface area contributed by atoms with Crippen molar-refractivity contribution in [3.8, 4) is 17.2 Å². The van der Waals surface area contributed by atoms with Crippen molar-refractivity contribution < 1.29 is 28.6 Å². The Morgan fingerprint density at radius 3 is 2.75 bits per heavy atom. The van der Waals surface area contributed by atoms with Crippen LogP contribution in [0.1, 0.15) is 88.8 Å². The first-order valence-corrected chi connectivity index (χ1v) is 15.8. The summed E-state index contributed by atoms with van der Waals surface area (Å²) in [4.78, 5) is 14.4. The number of aliphatic hydroxyl groups is 1. The Morgan fingerprint density at radius 1 is 1.12 bits per heavy atom. The summed E-state index contributed by atoms with van der Waals surface area (Å²) in [6, 6.07) is 2.17. The zero-order chi connectivity index (χ0) is 28.0. The van der Waals surface area contributed by atoms with E-state index in [9.17, 15) is 9.90 Å². The molecule has 0 amide bonds. The zero-order valence-corrected chi connectivity index (χ0v) is 25.1. The van der Waals surface area contributed by atoms with Crippen LogP contribution in [0.25, 0.3) is 0 Å². The Labute approximate surface area is 239 Å². The normalized spacial score (nSPS) is 40.8. The van der Waals surface area contributed by atoms with Crippen LogP contribution in [0.3, 0.4) is 0 Å². The largest absolute Gasteiger partial charge is 0.492 e. The number of rotatable bonds is 4. The molecule has 0 radical (unpaired) electrons. The number of carbonyl (C=O) groups excluding carboxylic acids is 1. The monoisotopic (exact) mass is 550 g/mol. The second-order valence-electron chi connectivity index (χ2n) is 15.0. The van der Waals surface area contributed by atoms with Crippen LogP contribution in [0.4, 0.5) is 0 Å². The SMILES string of the molecule is COc1c2c(cc3c1[C@@H](CC(=O)[C@H]1CC[C@H]4[C@@H]5CC=C6C[C@@H](O)CC[C@]6(C)[C@H]5CC[C@]14C)[N+](C)(C)CC3)OCO2. The summed E-state index contributed by atoms with van der Waals surface area (Å²) in [7, 11) is 6.25. The van der Waals surface area contributed by atoms with Crippen LogP contribution >= 0.6 is 0 Å². The fourth-order valence-electron chi connectivity index (χ4n) is 10.6. The minimum Gasteiger partial charge on any atom is -0.492 e. The first-order valence-electron chi connectivity index (χ1n) is 15.8. The number of aliphatic hydroxyl groups excluding tert-OH is 1. The molecule has 8 atom stereocenters. The van der Waals surface area contributed by atoms with Gasteiger partial charge in [-0.25, -0.2) is 0 Å². The van der Waals surface area contributed by atoms with Gasteiger partial charge < -0.3 is 23.8 Å². The molecule has 6 nitrogen and oxygen atoms in total. The number of hydrogen-bond donors (Lipinski definition) is 1. The van der Waals surface area contributed by atoms with Gasteiger partial charge in [-0.2, -0.15) is 0 Å². The van der Waals surface area contributed by atoms with Gasteiger partial charge in [-0.3, -0.25) is 4.79 Å². The van der Waals surface area contributed by atoms with Crippen molar-refractivity contribution in [3.63, 3.8) is 0 Å². The molecule has 1 aromatic rings. The first-order chi connectivity index (χ1) is 19.1. The molecule has 2 aliphatic heterocycles. The van der Waals surface area contributed by atoms with Gasteiger partial charge in [0.25, 0.3) is 0 Å². The Bertz CT molecular complexity index is 1250. The summed E-state index contributed by atoms with van der Waals surface area (Å²) in [6.45, 7) is 6.16. The zero-order valence-electron chi connectivity index (χ0n) is 25.1. The van der Waals surface area contributed by atoms with E-state index in [1.807, 2.05) is 0 Å². The molecule has 3 saturated carbocycles. The molecule has 4 aliphatic carbocycles. The van der Waals surface area contributed by atoms with Crippen LogP contribution in [0.5, 0.6) is 17.2 Å². The van der Waals surface area contributed by atoms with E-state index < -0.39 is 0 Å². The number of hydrogen-bond acceptors (Lipinski definition) is 5. The predicted molar refractivity (Wildman–Crippen MR) is 153 cm³/mol. The lowest BCUT2D eigenvalue weighted by atomic mass is 9.47. The number of fused-ring (bicyclic) bond motifs is 7. The quantitative estimate of drug-likeness (QED) is 0.368. The van der Waals surface area contributed by atoms with E-state index in [1.165, 1.54) is 24.0 Å². The van der Waals surface area contributed by atoms with Gasteiger partial charge in [0.2, 0.25) is 12.5 Å². The highest BCUT2D eigenvalue weighted by Gasteiger charge is 2.60. The average molecular weight is 551 g/mol. The molecule has 218 valence electrons. The van der Waals surface area contributed by atoms with Crippen LogP contribution in [0.15, 0.2) is 17.7 Å². The molecule has 6 heteroatoms. The number of ketones is 1. The van der Waals surface area contributed by atoms with Gasteiger partial charge in [0.1, 0.15) is 11.8 Å². The van der Waals surface area contributed by atoms with E-state index >= 15 is 0 Å². The molecule has 7 rings (SSSR count). The van der Waals surface area contributed by atoms with Gasteiger partial charge in [0.05, 0.1) is 45.8 Å². The van der Waals surface area contributed by atoms with Crippen molar-refractivity contribution >= 4 is 5.78 Å². The third kappa shape index (κ3) is 3.77. The standard InChI is InChI=1S/C34H48NO5/c1-33-13-10-22(36)17-21(33)6-7-23-24-8-9-26(34(24,2)14-11-25(23)33)28(37)18-27-30-20(12-15-35(27,3)4)16-29-31(32(30)38-5)40-19-39-29/h6,16,22-27,36H,7-15,17-19H2,1-5H3/q+1/t22-,23-,24-,25-,26+,27+,33-,34-/m0/s1. The molecule has 3 fully saturated rings. The third-order valence-corrected chi connectivity index (χ3v) is 12.9. The number of nitrogens with zero attached hydrogens (tertiary/aromatic N) is 1. The molecule has 2 heterocycles. The summed E-state index contributed by atoms with van der Waals surface area (Å²) >= 11 is 0. The summed E-state index contributed by atoms with van der Waals surface area (Å²) in [5.74, 6) is 4.79. The van der Waals surface area contributed by atoms with E-state index in [0.717, 1.165) is 73.0 Å². The molecule has 0 spiro atoms. The lowest BCUT2D eigenvalue weighted by Crippen LogP contribution is -2.52. The Morgan fingerprint density at radius 2 is 1.95 bits per heavy atom. The highest BCUT2D eigenvalue weighted by atomic mass is 16.7. The van der Waals surface area contributed by atoms with Gasteiger partial charge in [-0.05, 0) is 91.6 Å². The van der Waals surface area contributed by atoms with E-state index in [2.05, 4.69) is 40.1 Å². The fraction of sp³-hybridized carbons (Fsp3) is 0.735. The third-order valence-electron chi connectivity index (χ3n) is 12.9. The fourth-order valence-corrected chi connectivity index (χ4v) is 10.6. The summed E-state index contributed by atoms with van der Waals surface area (Å²) in [5.41, 5.74) is 4.23. The molecule has 1 aromatic carbocycles. The molecule has 0 saturated heterocycles. The topological polar surface area (TPSA) is 65.0 Å². The van der Waals surface area contributed by atoms with E-state index in [-0.39, 0.29) is 35.7 Å². The number of quaternary nitrogens is 1. The first kappa shape index (κ1) is 26.8. The van der Waals surface area contributed by atoms with Gasteiger partial charge in [0.15, 0.2) is 11.5 Å². The van der Waals surface area contributed by atoms with Gasteiger partial charge >= 0.3 is 0 Å². The Balaban J connectivity index is 1.16. The predicted octanol–water partition coefficient (Wildman–Crippen LogP) is 6.00. The average Bonchev–Trinajstić information content (AvgIpc) is 3.53. The van der Waals surface area contributed by atoms with Crippen LogP contribution < -0.4 is 14.2 Å². The molecule has 6 aliphatic rings. The second kappa shape index (κ2) is 9.22. The van der Waals surface area contributed by atoms with E-state index in [1.54, 1.807) is 7.11 Å². The van der Waals surface area contributed by atoms with Crippen molar-refractivity contribution in [2.75, 3.05) is 34.5 Å². The lowest BCUT2D eigenvalue weighted by molar-refractivity contribution is -0.922. The van der Waals surface area contributed by atoms with Crippen molar-refractivity contribution in [3.05, 3.63) is 28.8 Å². The molecular weight excluding hydrogens is 502 g/mol.